The summed E-state index contributed by atoms with van der Waals surface area (Å²) < 4.78 is 0. The largest absolute Gasteiger partial charge is 0.310 e. The number of hydrogen-bond acceptors (Lipinski definition) is 2. The molecule has 0 bridgehead atoms. The van der Waals surface area contributed by atoms with Gasteiger partial charge in [-0.15, -0.1) is 0 Å². The van der Waals surface area contributed by atoms with Crippen molar-refractivity contribution in [2.24, 2.45) is 0 Å². The lowest BCUT2D eigenvalue weighted by Crippen LogP contribution is -2.58. The third-order valence-electron chi connectivity index (χ3n) is 12.4. The van der Waals surface area contributed by atoms with Crippen LogP contribution < -0.4 is 20.2 Å². The Morgan fingerprint density at radius 3 is 0.983 bits per heavy atom. The van der Waals surface area contributed by atoms with Crippen molar-refractivity contribution in [2.45, 2.75) is 39.8 Å². The Hall–Kier alpha value is -6.68. The van der Waals surface area contributed by atoms with Crippen LogP contribution in [0.1, 0.15) is 36.1 Å². The van der Waals surface area contributed by atoms with Crippen LogP contribution in [0.3, 0.4) is 0 Å². The van der Waals surface area contributed by atoms with Gasteiger partial charge in [-0.2, -0.15) is 0 Å². The Morgan fingerprint density at radius 2 is 0.678 bits per heavy atom. The first-order chi connectivity index (χ1) is 29.0. The van der Waals surface area contributed by atoms with Crippen LogP contribution in [-0.2, 0) is 0 Å². The minimum atomic E-state index is -2.20. The van der Waals surface area contributed by atoms with Gasteiger partial charge in [-0.25, -0.2) is 0 Å². The third-order valence-corrected chi connectivity index (χ3v) is 17.8. The maximum atomic E-state index is 2.45. The van der Waals surface area contributed by atoms with Crippen LogP contribution in [0, 0.1) is 13.8 Å². The van der Waals surface area contributed by atoms with Gasteiger partial charge in [0.2, 0.25) is 0 Å². The quantitative estimate of drug-likeness (QED) is 0.128. The Bertz CT molecular complexity index is 2490. The standard InChI is InChI=1S/C56H50N2Si/c1-5-59(6-2)55-31-19-29-51(49-35-33-47(39-41(49)3)57(43-21-11-7-12-22-43)44-23-13-8-14-24-44)53(55)37-38-54-52(30-20-32-56(54)59)50-36-34-48(40-42(50)4)58(45-25-15-9-16-26-45)46-27-17-10-18-28-46/h7-40H,5-6H2,1-4H3. The second-order valence-corrected chi connectivity index (χ2v) is 20.3. The van der Waals surface area contributed by atoms with Crippen LogP contribution in [0.4, 0.5) is 34.1 Å². The van der Waals surface area contributed by atoms with E-state index >= 15 is 0 Å². The molecule has 3 heteroatoms. The number of rotatable bonds is 10. The molecule has 0 amide bonds. The van der Waals surface area contributed by atoms with E-state index in [1.807, 2.05) is 0 Å². The summed E-state index contributed by atoms with van der Waals surface area (Å²) in [5, 5.41) is 3.08. The molecule has 0 atom stereocenters. The number of nitrogens with zero attached hydrogens (tertiary/aromatic N) is 2. The van der Waals surface area contributed by atoms with Crippen LogP contribution >= 0.6 is 0 Å². The number of aryl methyl sites for hydroxylation is 2. The summed E-state index contributed by atoms with van der Waals surface area (Å²) in [5.41, 5.74) is 17.3. The number of fused-ring (bicyclic) bond motifs is 2. The van der Waals surface area contributed by atoms with Crippen LogP contribution in [0.15, 0.2) is 194 Å². The topological polar surface area (TPSA) is 6.48 Å². The van der Waals surface area contributed by atoms with Gasteiger partial charge in [0.15, 0.2) is 0 Å². The van der Waals surface area contributed by atoms with Crippen LogP contribution in [0.2, 0.25) is 12.1 Å². The molecule has 8 aromatic carbocycles. The highest BCUT2D eigenvalue weighted by Crippen LogP contribution is 2.41. The fraction of sp³-hybridized carbons (Fsp3) is 0.107. The molecule has 0 spiro atoms. The second-order valence-electron chi connectivity index (χ2n) is 15.7. The predicted octanol–water partition coefficient (Wildman–Crippen LogP) is 14.7. The smallest absolute Gasteiger partial charge is 0.119 e. The Kier molecular flexibility index (Phi) is 10.5. The summed E-state index contributed by atoms with van der Waals surface area (Å²) in [7, 11) is -2.20. The number of benzene rings is 8. The van der Waals surface area contributed by atoms with E-state index in [4.69, 9.17) is 0 Å². The molecule has 288 valence electrons. The fourth-order valence-electron chi connectivity index (χ4n) is 9.50. The van der Waals surface area contributed by atoms with Gasteiger partial charge >= 0.3 is 0 Å². The van der Waals surface area contributed by atoms with Crippen LogP contribution in [0.5, 0.6) is 0 Å². The molecule has 0 aliphatic carbocycles. The van der Waals surface area contributed by atoms with Crippen molar-refractivity contribution < 1.29 is 0 Å². The molecule has 0 saturated heterocycles. The SMILES string of the molecule is CC[Si]1(CC)c2cccc(-c3ccc(N(c4ccccc4)c4ccccc4)cc3C)c2C=Cc2c(-c3ccc(N(c4ccccc4)c4ccccc4)cc3C)cccc21. The summed E-state index contributed by atoms with van der Waals surface area (Å²) in [6.45, 7) is 9.40. The molecule has 0 N–H and O–H groups in total. The Labute approximate surface area is 351 Å². The highest BCUT2D eigenvalue weighted by molar-refractivity contribution is 7.03. The first-order valence-corrected chi connectivity index (χ1v) is 23.4. The van der Waals surface area contributed by atoms with Crippen molar-refractivity contribution >= 4 is 64.7 Å². The molecule has 1 aliphatic rings. The molecule has 0 unspecified atom stereocenters. The molecular formula is C56H50N2Si. The lowest BCUT2D eigenvalue weighted by molar-refractivity contribution is 1.27. The number of hydrogen-bond donors (Lipinski definition) is 0. The number of para-hydroxylation sites is 4. The molecule has 0 aromatic heterocycles. The molecule has 59 heavy (non-hydrogen) atoms. The number of anilines is 6. The van der Waals surface area contributed by atoms with E-state index in [0.29, 0.717) is 0 Å². The maximum Gasteiger partial charge on any atom is 0.119 e. The van der Waals surface area contributed by atoms with Crippen molar-refractivity contribution in [3.8, 4) is 22.3 Å². The molecule has 2 nitrogen and oxygen atoms in total. The summed E-state index contributed by atoms with van der Waals surface area (Å²) in [6, 6.07) is 73.2. The zero-order valence-corrected chi connectivity index (χ0v) is 35.4. The van der Waals surface area contributed by atoms with Gasteiger partial charge in [0.1, 0.15) is 8.07 Å². The van der Waals surface area contributed by atoms with E-state index in [0.717, 1.165) is 46.2 Å². The highest BCUT2D eigenvalue weighted by atomic mass is 28.3. The van der Waals surface area contributed by atoms with E-state index < -0.39 is 8.07 Å². The molecule has 9 rings (SSSR count). The summed E-state index contributed by atoms with van der Waals surface area (Å²) in [4.78, 5) is 4.70. The summed E-state index contributed by atoms with van der Waals surface area (Å²) >= 11 is 0. The third kappa shape index (κ3) is 6.92. The average molecular weight is 779 g/mol. The van der Waals surface area contributed by atoms with E-state index in [2.05, 4.69) is 244 Å². The van der Waals surface area contributed by atoms with E-state index in [9.17, 15) is 0 Å². The van der Waals surface area contributed by atoms with Crippen molar-refractivity contribution in [2.75, 3.05) is 9.80 Å². The van der Waals surface area contributed by atoms with Gasteiger partial charge < -0.3 is 9.80 Å². The van der Waals surface area contributed by atoms with Gasteiger partial charge in [-0.05, 0) is 142 Å². The fourth-order valence-corrected chi connectivity index (χ4v) is 14.1. The van der Waals surface area contributed by atoms with Crippen LogP contribution in [0.25, 0.3) is 34.4 Å². The summed E-state index contributed by atoms with van der Waals surface area (Å²) in [6.07, 6.45) is 4.88. The van der Waals surface area contributed by atoms with E-state index in [-0.39, 0.29) is 0 Å². The lowest BCUT2D eigenvalue weighted by Gasteiger charge is -2.34. The second kappa shape index (κ2) is 16.3. The molecule has 0 radical (unpaired) electrons. The molecular weight excluding hydrogens is 729 g/mol. The monoisotopic (exact) mass is 778 g/mol. The molecule has 0 saturated carbocycles. The van der Waals surface area contributed by atoms with Crippen molar-refractivity contribution in [1.82, 2.24) is 0 Å². The zero-order valence-electron chi connectivity index (χ0n) is 34.4. The first kappa shape index (κ1) is 37.9. The lowest BCUT2D eigenvalue weighted by atomic mass is 9.93. The predicted molar refractivity (Wildman–Crippen MR) is 258 cm³/mol. The molecule has 1 aliphatic heterocycles. The van der Waals surface area contributed by atoms with E-state index in [1.54, 1.807) is 10.4 Å². The molecule has 0 fully saturated rings. The van der Waals surface area contributed by atoms with Gasteiger partial charge in [0.25, 0.3) is 0 Å². The summed E-state index contributed by atoms with van der Waals surface area (Å²) in [5.74, 6) is 0. The van der Waals surface area contributed by atoms with Crippen LogP contribution in [-0.4, -0.2) is 8.07 Å². The van der Waals surface area contributed by atoms with Gasteiger partial charge in [0, 0.05) is 34.1 Å². The zero-order chi connectivity index (χ0) is 40.3. The van der Waals surface area contributed by atoms with E-state index in [1.165, 1.54) is 44.5 Å². The minimum absolute atomic E-state index is 1.14. The molecule has 1 heterocycles. The molecule has 8 aromatic rings. The van der Waals surface area contributed by atoms with Crippen molar-refractivity contribution in [1.29, 1.82) is 0 Å². The first-order valence-electron chi connectivity index (χ1n) is 21.0. The highest BCUT2D eigenvalue weighted by Gasteiger charge is 2.39. The van der Waals surface area contributed by atoms with Gasteiger partial charge in [0.05, 0.1) is 0 Å². The van der Waals surface area contributed by atoms with Crippen molar-refractivity contribution in [3.63, 3.8) is 0 Å². The maximum absolute atomic E-state index is 2.45. The normalized spacial score (nSPS) is 12.6. The van der Waals surface area contributed by atoms with Gasteiger partial charge in [-0.3, -0.25) is 0 Å². The Morgan fingerprint density at radius 1 is 0.339 bits per heavy atom. The average Bonchev–Trinajstić information content (AvgIpc) is 3.43. The van der Waals surface area contributed by atoms with Crippen molar-refractivity contribution in [3.05, 3.63) is 216 Å². The Balaban J connectivity index is 1.14. The minimum Gasteiger partial charge on any atom is -0.310 e. The van der Waals surface area contributed by atoms with Gasteiger partial charge in [-0.1, -0.05) is 159 Å².